The van der Waals surface area contributed by atoms with Crippen LogP contribution in [0.15, 0.2) is 48.5 Å². The molecule has 0 aliphatic heterocycles. The van der Waals surface area contributed by atoms with E-state index in [0.29, 0.717) is 17.8 Å². The van der Waals surface area contributed by atoms with E-state index < -0.39 is 6.61 Å². The smallest absolute Gasteiger partial charge is 0.387 e. The number of rotatable bonds is 8. The molecule has 0 spiro atoms. The SMILES string of the molecule is CNC(=O)c1cccc(NC(=O)C[NH+](C)Cc2ccc(OC(F)F)cc2)c1. The lowest BCUT2D eigenvalue weighted by atomic mass is 10.2. The van der Waals surface area contributed by atoms with Crippen LogP contribution in [0.2, 0.25) is 0 Å². The molecule has 2 aromatic rings. The number of amides is 2. The number of alkyl halides is 2. The minimum atomic E-state index is -2.85. The Kier molecular flexibility index (Phi) is 7.25. The normalized spacial score (nSPS) is 11.7. The second-order valence-corrected chi connectivity index (χ2v) is 6.04. The Morgan fingerprint density at radius 1 is 1.15 bits per heavy atom. The van der Waals surface area contributed by atoms with Crippen molar-refractivity contribution in [2.24, 2.45) is 0 Å². The zero-order valence-corrected chi connectivity index (χ0v) is 15.1. The molecule has 0 aliphatic carbocycles. The number of hydrogen-bond acceptors (Lipinski definition) is 3. The lowest BCUT2D eigenvalue weighted by molar-refractivity contribution is -0.885. The second kappa shape index (κ2) is 9.63. The fourth-order valence-electron chi connectivity index (χ4n) is 2.56. The van der Waals surface area contributed by atoms with Gasteiger partial charge in [0.05, 0.1) is 7.05 Å². The van der Waals surface area contributed by atoms with Gasteiger partial charge in [-0.3, -0.25) is 9.59 Å². The summed E-state index contributed by atoms with van der Waals surface area (Å²) in [5.74, 6) is -0.326. The molecule has 2 aromatic carbocycles. The number of likely N-dealkylation sites (N-methyl/N-ethyl adjacent to an activating group) is 1. The van der Waals surface area contributed by atoms with E-state index in [2.05, 4.69) is 15.4 Å². The number of benzene rings is 2. The van der Waals surface area contributed by atoms with Crippen molar-refractivity contribution in [1.29, 1.82) is 0 Å². The van der Waals surface area contributed by atoms with Gasteiger partial charge >= 0.3 is 6.61 Å². The van der Waals surface area contributed by atoms with Gasteiger partial charge in [0.1, 0.15) is 12.3 Å². The van der Waals surface area contributed by atoms with Crippen molar-refractivity contribution >= 4 is 17.5 Å². The van der Waals surface area contributed by atoms with Crippen molar-refractivity contribution in [2.45, 2.75) is 13.2 Å². The molecule has 2 amide bonds. The molecule has 144 valence electrons. The van der Waals surface area contributed by atoms with Gasteiger partial charge in [-0.05, 0) is 42.5 Å². The molecular weight excluding hydrogens is 356 g/mol. The van der Waals surface area contributed by atoms with E-state index in [1.165, 1.54) is 19.2 Å². The third kappa shape index (κ3) is 6.67. The average Bonchev–Trinajstić information content (AvgIpc) is 2.62. The highest BCUT2D eigenvalue weighted by atomic mass is 19.3. The third-order valence-corrected chi connectivity index (χ3v) is 3.75. The molecule has 2 rings (SSSR count). The zero-order valence-electron chi connectivity index (χ0n) is 15.1. The van der Waals surface area contributed by atoms with Crippen LogP contribution in [0.25, 0.3) is 0 Å². The van der Waals surface area contributed by atoms with Crippen LogP contribution in [0, 0.1) is 0 Å². The minimum Gasteiger partial charge on any atom is -0.435 e. The quantitative estimate of drug-likeness (QED) is 0.649. The molecule has 0 bridgehead atoms. The molecule has 0 heterocycles. The Hall–Kier alpha value is -3.00. The first-order valence-corrected chi connectivity index (χ1v) is 8.34. The van der Waals surface area contributed by atoms with Gasteiger partial charge in [-0.2, -0.15) is 8.78 Å². The molecule has 27 heavy (non-hydrogen) atoms. The summed E-state index contributed by atoms with van der Waals surface area (Å²) in [5, 5.41) is 5.29. The predicted molar refractivity (Wildman–Crippen MR) is 97.0 cm³/mol. The van der Waals surface area contributed by atoms with Crippen molar-refractivity contribution in [2.75, 3.05) is 26.0 Å². The van der Waals surface area contributed by atoms with E-state index in [1.807, 2.05) is 7.05 Å². The van der Waals surface area contributed by atoms with Gasteiger partial charge in [-0.15, -0.1) is 0 Å². The number of carbonyl (C=O) groups is 2. The average molecular weight is 378 g/mol. The molecule has 6 nitrogen and oxygen atoms in total. The topological polar surface area (TPSA) is 71.9 Å². The maximum Gasteiger partial charge on any atom is 0.387 e. The first kappa shape index (κ1) is 20.3. The summed E-state index contributed by atoms with van der Waals surface area (Å²) in [6, 6.07) is 13.0. The highest BCUT2D eigenvalue weighted by Crippen LogP contribution is 2.14. The minimum absolute atomic E-state index is 0.0974. The van der Waals surface area contributed by atoms with E-state index in [0.717, 1.165) is 10.5 Å². The first-order chi connectivity index (χ1) is 12.9. The van der Waals surface area contributed by atoms with Gasteiger partial charge in [0, 0.05) is 23.9 Å². The second-order valence-electron chi connectivity index (χ2n) is 6.04. The molecular formula is C19H22F2N3O3+. The van der Waals surface area contributed by atoms with Gasteiger partial charge in [-0.1, -0.05) is 6.07 Å². The number of anilines is 1. The molecule has 0 radical (unpaired) electrons. The molecule has 1 atom stereocenters. The molecule has 3 N–H and O–H groups in total. The van der Waals surface area contributed by atoms with Crippen LogP contribution in [0.5, 0.6) is 5.75 Å². The summed E-state index contributed by atoms with van der Waals surface area (Å²) in [6.45, 7) is -2.10. The van der Waals surface area contributed by atoms with Crippen LogP contribution >= 0.6 is 0 Å². The van der Waals surface area contributed by atoms with Crippen LogP contribution in [-0.2, 0) is 11.3 Å². The zero-order chi connectivity index (χ0) is 19.8. The van der Waals surface area contributed by atoms with Crippen LogP contribution in [-0.4, -0.2) is 39.1 Å². The molecule has 0 aromatic heterocycles. The summed E-state index contributed by atoms with van der Waals surface area (Å²) >= 11 is 0. The Morgan fingerprint density at radius 2 is 1.85 bits per heavy atom. The predicted octanol–water partition coefficient (Wildman–Crippen LogP) is 1.30. The van der Waals surface area contributed by atoms with Crippen LogP contribution in [0.4, 0.5) is 14.5 Å². The van der Waals surface area contributed by atoms with Crippen molar-refractivity contribution in [3.63, 3.8) is 0 Å². The van der Waals surface area contributed by atoms with Crippen molar-refractivity contribution in [3.8, 4) is 5.75 Å². The lowest BCUT2D eigenvalue weighted by Gasteiger charge is -2.14. The molecule has 0 saturated carbocycles. The van der Waals surface area contributed by atoms with Crippen molar-refractivity contribution in [1.82, 2.24) is 5.32 Å². The summed E-state index contributed by atoms with van der Waals surface area (Å²) in [5.41, 5.74) is 1.90. The standard InChI is InChI=1S/C19H21F2N3O3/c1-22-18(26)14-4-3-5-15(10-14)23-17(25)12-24(2)11-13-6-8-16(9-7-13)27-19(20)21/h3-10,19H,11-12H2,1-2H3,(H,22,26)(H,23,25)/p+1. The maximum absolute atomic E-state index is 12.2. The third-order valence-electron chi connectivity index (χ3n) is 3.75. The van der Waals surface area contributed by atoms with Gasteiger partial charge < -0.3 is 20.3 Å². The first-order valence-electron chi connectivity index (χ1n) is 8.34. The van der Waals surface area contributed by atoms with Gasteiger partial charge in [0.25, 0.3) is 11.8 Å². The Labute approximate surface area is 156 Å². The van der Waals surface area contributed by atoms with Crippen LogP contribution < -0.4 is 20.3 Å². The van der Waals surface area contributed by atoms with Crippen LogP contribution in [0.1, 0.15) is 15.9 Å². The van der Waals surface area contributed by atoms with E-state index in [1.54, 1.807) is 36.4 Å². The Morgan fingerprint density at radius 3 is 2.48 bits per heavy atom. The number of ether oxygens (including phenoxy) is 1. The van der Waals surface area contributed by atoms with Crippen molar-refractivity contribution in [3.05, 3.63) is 59.7 Å². The number of halogens is 2. The summed E-state index contributed by atoms with van der Waals surface area (Å²) in [6.07, 6.45) is 0. The highest BCUT2D eigenvalue weighted by molar-refractivity contribution is 5.97. The molecule has 0 fully saturated rings. The lowest BCUT2D eigenvalue weighted by Crippen LogP contribution is -3.08. The fraction of sp³-hybridized carbons (Fsp3) is 0.263. The van der Waals surface area contributed by atoms with Gasteiger partial charge in [-0.25, -0.2) is 0 Å². The summed E-state index contributed by atoms with van der Waals surface area (Å²) in [4.78, 5) is 24.8. The van der Waals surface area contributed by atoms with Crippen molar-refractivity contribution < 1.29 is 28.0 Å². The Bertz CT molecular complexity index is 782. The number of quaternary nitrogens is 1. The molecule has 1 unspecified atom stereocenters. The highest BCUT2D eigenvalue weighted by Gasteiger charge is 2.12. The van der Waals surface area contributed by atoms with E-state index >= 15 is 0 Å². The maximum atomic E-state index is 12.2. The summed E-state index contributed by atoms with van der Waals surface area (Å²) in [7, 11) is 3.39. The fourth-order valence-corrected chi connectivity index (χ4v) is 2.56. The van der Waals surface area contributed by atoms with E-state index in [-0.39, 0.29) is 24.1 Å². The van der Waals surface area contributed by atoms with Crippen LogP contribution in [0.3, 0.4) is 0 Å². The van der Waals surface area contributed by atoms with Gasteiger partial charge in [0.15, 0.2) is 6.54 Å². The summed E-state index contributed by atoms with van der Waals surface area (Å²) < 4.78 is 28.6. The number of nitrogens with one attached hydrogen (secondary N) is 3. The number of hydrogen-bond donors (Lipinski definition) is 3. The largest absolute Gasteiger partial charge is 0.435 e. The molecule has 8 heteroatoms. The van der Waals surface area contributed by atoms with E-state index in [9.17, 15) is 18.4 Å². The Balaban J connectivity index is 1.87. The molecule has 0 saturated heterocycles. The monoisotopic (exact) mass is 378 g/mol. The van der Waals surface area contributed by atoms with E-state index in [4.69, 9.17) is 0 Å². The number of carbonyl (C=O) groups excluding carboxylic acids is 2. The van der Waals surface area contributed by atoms with Gasteiger partial charge in [0.2, 0.25) is 0 Å². The molecule has 0 aliphatic rings.